The van der Waals surface area contributed by atoms with E-state index in [0.29, 0.717) is 11.3 Å². The van der Waals surface area contributed by atoms with Crippen LogP contribution in [-0.2, 0) is 6.18 Å². The van der Waals surface area contributed by atoms with Gasteiger partial charge in [0, 0.05) is 11.8 Å². The summed E-state index contributed by atoms with van der Waals surface area (Å²) in [6, 6.07) is 9.88. The molecule has 166 valence electrons. The van der Waals surface area contributed by atoms with Crippen LogP contribution in [0.1, 0.15) is 21.5 Å². The highest BCUT2D eigenvalue weighted by atomic mass is 35.5. The van der Waals surface area contributed by atoms with Gasteiger partial charge in [-0.05, 0) is 55.0 Å². The molecule has 0 fully saturated rings. The van der Waals surface area contributed by atoms with E-state index in [1.807, 2.05) is 0 Å². The van der Waals surface area contributed by atoms with Gasteiger partial charge in [-0.1, -0.05) is 11.6 Å². The van der Waals surface area contributed by atoms with Crippen LogP contribution in [0.25, 0.3) is 0 Å². The number of pyridine rings is 1. The quantitative estimate of drug-likeness (QED) is 0.353. The zero-order chi connectivity index (χ0) is 23.2. The molecule has 32 heavy (non-hydrogen) atoms. The first-order valence-electron chi connectivity index (χ1n) is 9.37. The van der Waals surface area contributed by atoms with Crippen LogP contribution in [0.2, 0.25) is 5.15 Å². The summed E-state index contributed by atoms with van der Waals surface area (Å²) in [5.74, 6) is -0.786. The number of hydrogen-bond acceptors (Lipinski definition) is 4. The van der Waals surface area contributed by atoms with E-state index in [2.05, 4.69) is 4.98 Å². The second-order valence-corrected chi connectivity index (χ2v) is 7.48. The highest BCUT2D eigenvalue weighted by Gasteiger charge is 2.37. The summed E-state index contributed by atoms with van der Waals surface area (Å²) in [6.07, 6.45) is -4.60. The van der Waals surface area contributed by atoms with Gasteiger partial charge in [-0.3, -0.25) is 9.69 Å². The molecule has 0 saturated carbocycles. The summed E-state index contributed by atoms with van der Waals surface area (Å²) in [5.41, 5.74) is 0.399. The van der Waals surface area contributed by atoms with E-state index in [4.69, 9.17) is 16.3 Å². The fourth-order valence-corrected chi connectivity index (χ4v) is 3.83. The van der Waals surface area contributed by atoms with Gasteiger partial charge in [-0.25, -0.2) is 4.39 Å². The van der Waals surface area contributed by atoms with E-state index in [9.17, 15) is 22.4 Å². The van der Waals surface area contributed by atoms with Gasteiger partial charge in [0.2, 0.25) is 5.88 Å². The minimum absolute atomic E-state index is 0.0103. The van der Waals surface area contributed by atoms with Crippen molar-refractivity contribution in [3.8, 4) is 5.88 Å². The molecule has 0 N–H and O–H groups in total. The number of nitrogens with zero attached hydrogens (tertiary/aromatic N) is 3. The normalized spacial score (nSPS) is 13.9. The Kier molecular flexibility index (Phi) is 5.46. The monoisotopic (exact) mass is 465 g/mol. The number of methoxy groups -OCH3 is 1. The number of amides is 1. The SMILES string of the molecule is COc1ccc(N2CN(c3ccc(F)cc3C)c3cc(C(F)(F)F)ccc3C2=O)c(Cl)n1. The molecule has 0 saturated heterocycles. The predicted molar refractivity (Wildman–Crippen MR) is 112 cm³/mol. The Morgan fingerprint density at radius 2 is 1.72 bits per heavy atom. The Hall–Kier alpha value is -3.33. The zero-order valence-electron chi connectivity index (χ0n) is 16.9. The van der Waals surface area contributed by atoms with E-state index in [-0.39, 0.29) is 34.6 Å². The first-order chi connectivity index (χ1) is 15.1. The number of rotatable bonds is 3. The maximum absolute atomic E-state index is 13.7. The molecule has 3 aromatic rings. The number of hydrogen-bond donors (Lipinski definition) is 0. The van der Waals surface area contributed by atoms with Crippen LogP contribution in [0.15, 0.2) is 48.5 Å². The van der Waals surface area contributed by atoms with Gasteiger partial charge in [0.15, 0.2) is 5.15 Å². The molecular formula is C22H16ClF4N3O2. The van der Waals surface area contributed by atoms with Crippen molar-refractivity contribution in [3.05, 3.63) is 76.2 Å². The van der Waals surface area contributed by atoms with Crippen molar-refractivity contribution < 1.29 is 27.1 Å². The van der Waals surface area contributed by atoms with Crippen LogP contribution in [-0.4, -0.2) is 24.7 Å². The van der Waals surface area contributed by atoms with Gasteiger partial charge < -0.3 is 9.64 Å². The minimum atomic E-state index is -4.60. The molecular weight excluding hydrogens is 450 g/mol. The Morgan fingerprint density at radius 3 is 2.34 bits per heavy atom. The lowest BCUT2D eigenvalue weighted by molar-refractivity contribution is -0.137. The molecule has 2 heterocycles. The second-order valence-electron chi connectivity index (χ2n) is 7.13. The number of ether oxygens (including phenoxy) is 1. The van der Waals surface area contributed by atoms with Crippen LogP contribution >= 0.6 is 11.6 Å². The molecule has 1 aliphatic heterocycles. The van der Waals surface area contributed by atoms with Gasteiger partial charge in [-0.2, -0.15) is 18.2 Å². The highest BCUT2D eigenvalue weighted by Crippen LogP contribution is 2.41. The third-order valence-corrected chi connectivity index (χ3v) is 5.41. The number of carbonyl (C=O) groups is 1. The summed E-state index contributed by atoms with van der Waals surface area (Å²) >= 11 is 6.26. The van der Waals surface area contributed by atoms with Crippen molar-refractivity contribution in [2.45, 2.75) is 13.1 Å². The van der Waals surface area contributed by atoms with Crippen molar-refractivity contribution in [2.24, 2.45) is 0 Å². The number of halogens is 5. The Morgan fingerprint density at radius 1 is 1.00 bits per heavy atom. The van der Waals surface area contributed by atoms with Crippen molar-refractivity contribution in [3.63, 3.8) is 0 Å². The lowest BCUT2D eigenvalue weighted by Crippen LogP contribution is -2.45. The molecule has 4 rings (SSSR count). The molecule has 0 aliphatic carbocycles. The fourth-order valence-electron chi connectivity index (χ4n) is 3.58. The van der Waals surface area contributed by atoms with Crippen LogP contribution in [0.4, 0.5) is 34.6 Å². The molecule has 0 atom stereocenters. The highest BCUT2D eigenvalue weighted by molar-refractivity contribution is 6.33. The number of aromatic nitrogens is 1. The number of anilines is 3. The zero-order valence-corrected chi connectivity index (χ0v) is 17.6. The Labute approximate surface area is 185 Å². The maximum Gasteiger partial charge on any atom is 0.416 e. The summed E-state index contributed by atoms with van der Waals surface area (Å²) in [6.45, 7) is 1.47. The van der Waals surface area contributed by atoms with Gasteiger partial charge in [0.05, 0.1) is 29.6 Å². The van der Waals surface area contributed by atoms with Crippen LogP contribution in [0.3, 0.4) is 0 Å². The number of aryl methyl sites for hydroxylation is 1. The van der Waals surface area contributed by atoms with Crippen LogP contribution in [0.5, 0.6) is 5.88 Å². The van der Waals surface area contributed by atoms with E-state index in [1.165, 1.54) is 47.2 Å². The molecule has 2 aromatic carbocycles. The number of carbonyl (C=O) groups excluding carboxylic acids is 1. The maximum atomic E-state index is 13.7. The van der Waals surface area contributed by atoms with E-state index in [1.54, 1.807) is 6.92 Å². The number of alkyl halides is 3. The Bertz CT molecular complexity index is 1220. The number of benzene rings is 2. The average Bonchev–Trinajstić information content (AvgIpc) is 2.74. The van der Waals surface area contributed by atoms with E-state index in [0.717, 1.165) is 18.2 Å². The molecule has 0 unspecified atom stereocenters. The van der Waals surface area contributed by atoms with Crippen molar-refractivity contribution in [2.75, 3.05) is 23.6 Å². The summed E-state index contributed by atoms with van der Waals surface area (Å²) < 4.78 is 58.9. The molecule has 1 amide bonds. The topological polar surface area (TPSA) is 45.7 Å². The molecule has 0 bridgehead atoms. The van der Waals surface area contributed by atoms with Crippen molar-refractivity contribution in [1.29, 1.82) is 0 Å². The van der Waals surface area contributed by atoms with Gasteiger partial charge >= 0.3 is 6.18 Å². The molecule has 0 radical (unpaired) electrons. The third kappa shape index (κ3) is 3.84. The minimum Gasteiger partial charge on any atom is -0.481 e. The van der Waals surface area contributed by atoms with E-state index >= 15 is 0 Å². The smallest absolute Gasteiger partial charge is 0.416 e. The van der Waals surface area contributed by atoms with Crippen molar-refractivity contribution >= 4 is 34.6 Å². The largest absolute Gasteiger partial charge is 0.481 e. The fraction of sp³-hybridized carbons (Fsp3) is 0.182. The predicted octanol–water partition coefficient (Wildman–Crippen LogP) is 5.97. The lowest BCUT2D eigenvalue weighted by atomic mass is 10.0. The van der Waals surface area contributed by atoms with Crippen LogP contribution < -0.4 is 14.5 Å². The van der Waals surface area contributed by atoms with Gasteiger partial charge in [0.25, 0.3) is 5.91 Å². The average molecular weight is 466 g/mol. The lowest BCUT2D eigenvalue weighted by Gasteiger charge is -2.39. The number of fused-ring (bicyclic) bond motifs is 1. The second kappa shape index (κ2) is 7.98. The summed E-state index contributed by atoms with van der Waals surface area (Å²) in [7, 11) is 1.41. The molecule has 1 aromatic heterocycles. The molecule has 1 aliphatic rings. The summed E-state index contributed by atoms with van der Waals surface area (Å²) in [4.78, 5) is 20.1. The van der Waals surface area contributed by atoms with Gasteiger partial charge in [-0.15, -0.1) is 0 Å². The Balaban J connectivity index is 1.90. The molecule has 10 heteroatoms. The molecule has 5 nitrogen and oxygen atoms in total. The standard InChI is InChI=1S/C22H16ClF4N3O2/c1-12-9-14(24)4-6-16(12)29-11-30(17-7-8-19(32-2)28-20(17)23)21(31)15-5-3-13(10-18(15)29)22(25,26)27/h3-10H,11H2,1-2H3. The van der Waals surface area contributed by atoms with Crippen LogP contribution in [0, 0.1) is 12.7 Å². The van der Waals surface area contributed by atoms with Crippen molar-refractivity contribution in [1.82, 2.24) is 4.98 Å². The molecule has 0 spiro atoms. The first-order valence-corrected chi connectivity index (χ1v) is 9.75. The van der Waals surface area contributed by atoms with Gasteiger partial charge in [0.1, 0.15) is 12.5 Å². The van der Waals surface area contributed by atoms with E-state index < -0.39 is 23.5 Å². The first kappa shape index (κ1) is 21.9. The summed E-state index contributed by atoms with van der Waals surface area (Å²) in [5, 5.41) is -0.0103. The third-order valence-electron chi connectivity index (χ3n) is 5.13.